The van der Waals surface area contributed by atoms with Gasteiger partial charge in [-0.15, -0.1) is 0 Å². The highest BCUT2D eigenvalue weighted by Gasteiger charge is 2.10. The summed E-state index contributed by atoms with van der Waals surface area (Å²) >= 11 is 0. The van der Waals surface area contributed by atoms with E-state index in [1.807, 2.05) is 66.7 Å². The second-order valence-electron chi connectivity index (χ2n) is 6.56. The third-order valence-corrected chi connectivity index (χ3v) is 4.76. The van der Waals surface area contributed by atoms with Gasteiger partial charge >= 0.3 is 6.03 Å². The van der Waals surface area contributed by atoms with Gasteiger partial charge in [0.05, 0.1) is 11.2 Å². The lowest BCUT2D eigenvalue weighted by molar-refractivity contribution is 0.262. The molecule has 0 bridgehead atoms. The molecule has 134 valence electrons. The predicted octanol–water partition coefficient (Wildman–Crippen LogP) is 5.58. The van der Waals surface area contributed by atoms with E-state index in [2.05, 4.69) is 20.6 Å². The fraction of sp³-hybridized carbons (Fsp3) is 0. The summed E-state index contributed by atoms with van der Waals surface area (Å²) in [5.41, 5.74) is 2.26. The molecule has 2 amide bonds. The molecule has 0 aliphatic heterocycles. The van der Waals surface area contributed by atoms with Crippen molar-refractivity contribution in [2.75, 3.05) is 10.6 Å². The van der Waals surface area contributed by atoms with Crippen LogP contribution in [-0.2, 0) is 0 Å². The van der Waals surface area contributed by atoms with Crippen LogP contribution in [0.25, 0.3) is 32.4 Å². The van der Waals surface area contributed by atoms with Gasteiger partial charge in [-0.05, 0) is 52.6 Å². The fourth-order valence-corrected chi connectivity index (χ4v) is 3.45. The van der Waals surface area contributed by atoms with Crippen molar-refractivity contribution in [3.63, 3.8) is 0 Å². The first kappa shape index (κ1) is 16.2. The molecule has 2 heterocycles. The van der Waals surface area contributed by atoms with Gasteiger partial charge in [0.2, 0.25) is 0 Å². The van der Waals surface area contributed by atoms with Gasteiger partial charge in [0.15, 0.2) is 0 Å². The molecule has 0 atom stereocenters. The zero-order chi connectivity index (χ0) is 18.9. The SMILES string of the molecule is O=C(Nc1ccc2ccccc2c1)Nc1cc2ccncc2c2ncccc12. The Morgan fingerprint density at radius 1 is 0.750 bits per heavy atom. The fourth-order valence-electron chi connectivity index (χ4n) is 3.45. The van der Waals surface area contributed by atoms with E-state index in [0.29, 0.717) is 5.69 Å². The van der Waals surface area contributed by atoms with Crippen LogP contribution in [0.2, 0.25) is 0 Å². The molecule has 0 spiro atoms. The lowest BCUT2D eigenvalue weighted by Crippen LogP contribution is -2.19. The number of anilines is 2. The van der Waals surface area contributed by atoms with Gasteiger partial charge in [0.1, 0.15) is 0 Å². The summed E-state index contributed by atoms with van der Waals surface area (Å²) in [5, 5.41) is 10.9. The summed E-state index contributed by atoms with van der Waals surface area (Å²) in [4.78, 5) is 21.3. The number of aromatic nitrogens is 2. The summed E-state index contributed by atoms with van der Waals surface area (Å²) in [5.74, 6) is 0. The molecule has 0 saturated heterocycles. The summed E-state index contributed by atoms with van der Waals surface area (Å²) in [6.45, 7) is 0. The number of carbonyl (C=O) groups is 1. The monoisotopic (exact) mass is 364 g/mol. The van der Waals surface area contributed by atoms with Crippen molar-refractivity contribution >= 4 is 49.9 Å². The van der Waals surface area contributed by atoms with Crippen LogP contribution in [0.15, 0.2) is 85.3 Å². The lowest BCUT2D eigenvalue weighted by Gasteiger charge is -2.12. The molecule has 5 aromatic rings. The number of nitrogens with zero attached hydrogens (tertiary/aromatic N) is 2. The van der Waals surface area contributed by atoms with Crippen molar-refractivity contribution in [3.8, 4) is 0 Å². The molecule has 3 aromatic carbocycles. The summed E-state index contributed by atoms with van der Waals surface area (Å²) in [7, 11) is 0. The van der Waals surface area contributed by atoms with Gasteiger partial charge in [0, 0.05) is 35.1 Å². The number of nitrogens with one attached hydrogen (secondary N) is 2. The van der Waals surface area contributed by atoms with Gasteiger partial charge in [0.25, 0.3) is 0 Å². The Labute approximate surface area is 161 Å². The van der Waals surface area contributed by atoms with Gasteiger partial charge in [-0.25, -0.2) is 4.79 Å². The molecular weight excluding hydrogens is 348 g/mol. The number of hydrogen-bond acceptors (Lipinski definition) is 3. The van der Waals surface area contributed by atoms with Crippen molar-refractivity contribution in [3.05, 3.63) is 85.3 Å². The number of rotatable bonds is 2. The average molecular weight is 364 g/mol. The van der Waals surface area contributed by atoms with E-state index in [4.69, 9.17) is 0 Å². The van der Waals surface area contributed by atoms with E-state index < -0.39 is 0 Å². The summed E-state index contributed by atoms with van der Waals surface area (Å²) in [6.07, 6.45) is 5.27. The van der Waals surface area contributed by atoms with Gasteiger partial charge < -0.3 is 10.6 Å². The topological polar surface area (TPSA) is 66.9 Å². The third kappa shape index (κ3) is 2.89. The molecule has 28 heavy (non-hydrogen) atoms. The highest BCUT2D eigenvalue weighted by Crippen LogP contribution is 2.30. The molecule has 0 radical (unpaired) electrons. The molecule has 0 fully saturated rings. The number of amides is 2. The van der Waals surface area contributed by atoms with Gasteiger partial charge in [-0.2, -0.15) is 0 Å². The van der Waals surface area contributed by atoms with E-state index in [9.17, 15) is 4.79 Å². The normalized spacial score (nSPS) is 11.0. The van der Waals surface area contributed by atoms with E-state index >= 15 is 0 Å². The van der Waals surface area contributed by atoms with E-state index in [1.54, 1.807) is 18.6 Å². The first-order chi connectivity index (χ1) is 13.8. The van der Waals surface area contributed by atoms with Gasteiger partial charge in [-0.3, -0.25) is 9.97 Å². The molecular formula is C23H16N4O. The summed E-state index contributed by atoms with van der Waals surface area (Å²) < 4.78 is 0. The molecule has 5 heteroatoms. The Morgan fingerprint density at radius 2 is 1.64 bits per heavy atom. The third-order valence-electron chi connectivity index (χ3n) is 4.76. The van der Waals surface area contributed by atoms with E-state index in [1.165, 1.54) is 0 Å². The Bertz CT molecular complexity index is 1350. The molecule has 0 unspecified atom stereocenters. The standard InChI is InChI=1S/C23H16N4O/c28-23(26-18-8-7-15-4-1-2-5-16(15)12-18)27-21-13-17-9-11-24-14-20(17)22-19(21)6-3-10-25-22/h1-14H,(H2,26,27,28). The van der Waals surface area contributed by atoms with E-state index in [0.717, 1.165) is 38.1 Å². The van der Waals surface area contributed by atoms with Crippen LogP contribution in [0.5, 0.6) is 0 Å². The number of hydrogen-bond donors (Lipinski definition) is 2. The van der Waals surface area contributed by atoms with Crippen LogP contribution in [0.3, 0.4) is 0 Å². The maximum Gasteiger partial charge on any atom is 0.323 e. The van der Waals surface area contributed by atoms with Crippen LogP contribution in [-0.4, -0.2) is 16.0 Å². The molecule has 5 rings (SSSR count). The Kier molecular flexibility index (Phi) is 3.84. The highest BCUT2D eigenvalue weighted by molar-refractivity contribution is 6.14. The molecule has 2 aromatic heterocycles. The Morgan fingerprint density at radius 3 is 2.57 bits per heavy atom. The van der Waals surface area contributed by atoms with Crippen LogP contribution < -0.4 is 10.6 Å². The second-order valence-corrected chi connectivity index (χ2v) is 6.56. The molecule has 0 aliphatic carbocycles. The number of urea groups is 1. The van der Waals surface area contributed by atoms with Crippen molar-refractivity contribution in [1.29, 1.82) is 0 Å². The number of fused-ring (bicyclic) bond motifs is 4. The van der Waals surface area contributed by atoms with Crippen molar-refractivity contribution in [2.24, 2.45) is 0 Å². The van der Waals surface area contributed by atoms with Crippen LogP contribution in [0.4, 0.5) is 16.2 Å². The highest BCUT2D eigenvalue weighted by atomic mass is 16.2. The van der Waals surface area contributed by atoms with E-state index in [-0.39, 0.29) is 6.03 Å². The van der Waals surface area contributed by atoms with Crippen molar-refractivity contribution in [2.45, 2.75) is 0 Å². The largest absolute Gasteiger partial charge is 0.323 e. The molecule has 0 aliphatic rings. The quantitative estimate of drug-likeness (QED) is 0.402. The zero-order valence-electron chi connectivity index (χ0n) is 14.9. The minimum Gasteiger partial charge on any atom is -0.308 e. The predicted molar refractivity (Wildman–Crippen MR) is 114 cm³/mol. The molecule has 2 N–H and O–H groups in total. The van der Waals surface area contributed by atoms with Crippen LogP contribution >= 0.6 is 0 Å². The Hall–Kier alpha value is -3.99. The maximum atomic E-state index is 12.6. The summed E-state index contributed by atoms with van der Waals surface area (Å²) in [6, 6.07) is 21.3. The van der Waals surface area contributed by atoms with Gasteiger partial charge in [-0.1, -0.05) is 30.3 Å². The van der Waals surface area contributed by atoms with Crippen molar-refractivity contribution in [1.82, 2.24) is 9.97 Å². The lowest BCUT2D eigenvalue weighted by atomic mass is 10.1. The zero-order valence-corrected chi connectivity index (χ0v) is 14.9. The maximum absolute atomic E-state index is 12.6. The minimum atomic E-state index is -0.297. The molecule has 5 nitrogen and oxygen atoms in total. The number of pyridine rings is 2. The minimum absolute atomic E-state index is 0.297. The average Bonchev–Trinajstić information content (AvgIpc) is 2.74. The van der Waals surface area contributed by atoms with Crippen LogP contribution in [0.1, 0.15) is 0 Å². The number of benzene rings is 3. The first-order valence-corrected chi connectivity index (χ1v) is 8.96. The second kappa shape index (κ2) is 6.63. The van der Waals surface area contributed by atoms with Crippen molar-refractivity contribution < 1.29 is 4.79 Å². The number of carbonyl (C=O) groups excluding carboxylic acids is 1. The molecule has 0 saturated carbocycles. The van der Waals surface area contributed by atoms with Crippen LogP contribution in [0, 0.1) is 0 Å². The smallest absolute Gasteiger partial charge is 0.308 e. The first-order valence-electron chi connectivity index (χ1n) is 8.96. The Balaban J connectivity index is 1.49.